The zero-order chi connectivity index (χ0) is 14.5. The summed E-state index contributed by atoms with van der Waals surface area (Å²) >= 11 is 0. The molecular weight excluding hydrogens is 254 g/mol. The number of nitrogens with two attached hydrogens (primary N) is 1. The molecular formula is C15H17N3O2. The number of aryl methyl sites for hydroxylation is 1. The standard InChI is InChI=1S/C15H17N3O2/c1-2-10-4-3-5-13(14(10)16)17-11-6-8-12(9-7-11)18-15(19)20/h3-9,17-18H,2,16H2,1H3,(H,19,20). The average molecular weight is 271 g/mol. The minimum atomic E-state index is -1.08. The molecule has 5 nitrogen and oxygen atoms in total. The van der Waals surface area contributed by atoms with E-state index in [-0.39, 0.29) is 0 Å². The van der Waals surface area contributed by atoms with E-state index in [0.717, 1.165) is 29.0 Å². The molecule has 0 bridgehead atoms. The molecule has 0 fully saturated rings. The summed E-state index contributed by atoms with van der Waals surface area (Å²) in [7, 11) is 0. The van der Waals surface area contributed by atoms with Gasteiger partial charge >= 0.3 is 6.09 Å². The van der Waals surface area contributed by atoms with Crippen molar-refractivity contribution in [2.75, 3.05) is 16.4 Å². The highest BCUT2D eigenvalue weighted by molar-refractivity contribution is 5.83. The average Bonchev–Trinajstić information content (AvgIpc) is 2.43. The van der Waals surface area contributed by atoms with E-state index in [1.54, 1.807) is 24.3 Å². The van der Waals surface area contributed by atoms with Gasteiger partial charge in [0.2, 0.25) is 0 Å². The molecule has 0 unspecified atom stereocenters. The van der Waals surface area contributed by atoms with Crippen LogP contribution in [0.1, 0.15) is 12.5 Å². The summed E-state index contributed by atoms with van der Waals surface area (Å²) in [4.78, 5) is 10.5. The third-order valence-corrected chi connectivity index (χ3v) is 2.99. The Morgan fingerprint density at radius 3 is 2.40 bits per heavy atom. The van der Waals surface area contributed by atoms with Crippen LogP contribution in [0.2, 0.25) is 0 Å². The first-order valence-corrected chi connectivity index (χ1v) is 6.34. The van der Waals surface area contributed by atoms with Crippen molar-refractivity contribution in [3.05, 3.63) is 48.0 Å². The first-order valence-electron chi connectivity index (χ1n) is 6.34. The van der Waals surface area contributed by atoms with Crippen molar-refractivity contribution in [2.45, 2.75) is 13.3 Å². The number of para-hydroxylation sites is 1. The lowest BCUT2D eigenvalue weighted by molar-refractivity contribution is 0.210. The maximum atomic E-state index is 10.5. The number of carbonyl (C=O) groups is 1. The molecule has 0 spiro atoms. The summed E-state index contributed by atoms with van der Waals surface area (Å²) < 4.78 is 0. The fourth-order valence-electron chi connectivity index (χ4n) is 1.95. The van der Waals surface area contributed by atoms with Gasteiger partial charge in [0.1, 0.15) is 0 Å². The van der Waals surface area contributed by atoms with Crippen LogP contribution in [-0.2, 0) is 6.42 Å². The second-order valence-electron chi connectivity index (χ2n) is 4.36. The summed E-state index contributed by atoms with van der Waals surface area (Å²) in [6.45, 7) is 2.06. The van der Waals surface area contributed by atoms with E-state index in [1.807, 2.05) is 18.2 Å². The van der Waals surface area contributed by atoms with Gasteiger partial charge < -0.3 is 16.2 Å². The molecule has 1 amide bonds. The second kappa shape index (κ2) is 5.97. The molecule has 0 aliphatic rings. The first-order chi connectivity index (χ1) is 9.60. The normalized spacial score (nSPS) is 10.1. The molecule has 0 aliphatic heterocycles. The monoisotopic (exact) mass is 271 g/mol. The van der Waals surface area contributed by atoms with Crippen molar-refractivity contribution in [1.29, 1.82) is 0 Å². The Morgan fingerprint density at radius 1 is 1.15 bits per heavy atom. The molecule has 0 aromatic heterocycles. The highest BCUT2D eigenvalue weighted by Gasteiger charge is 2.04. The van der Waals surface area contributed by atoms with Crippen LogP contribution in [0.25, 0.3) is 0 Å². The Morgan fingerprint density at radius 2 is 1.80 bits per heavy atom. The number of anilines is 4. The quantitative estimate of drug-likeness (QED) is 0.639. The van der Waals surface area contributed by atoms with E-state index < -0.39 is 6.09 Å². The predicted molar refractivity (Wildman–Crippen MR) is 81.6 cm³/mol. The Labute approximate surface area is 117 Å². The van der Waals surface area contributed by atoms with Gasteiger partial charge in [0.25, 0.3) is 0 Å². The lowest BCUT2D eigenvalue weighted by Crippen LogP contribution is -2.06. The molecule has 2 aromatic rings. The number of nitrogen functional groups attached to an aromatic ring is 1. The van der Waals surface area contributed by atoms with Gasteiger partial charge in [-0.3, -0.25) is 5.32 Å². The summed E-state index contributed by atoms with van der Waals surface area (Å²) in [5, 5.41) is 14.1. The van der Waals surface area contributed by atoms with E-state index in [1.165, 1.54) is 0 Å². The van der Waals surface area contributed by atoms with Gasteiger partial charge in [-0.15, -0.1) is 0 Å². The smallest absolute Gasteiger partial charge is 0.409 e. The molecule has 0 heterocycles. The van der Waals surface area contributed by atoms with Gasteiger partial charge in [-0.05, 0) is 42.3 Å². The maximum Gasteiger partial charge on any atom is 0.409 e. The van der Waals surface area contributed by atoms with Gasteiger partial charge in [0.15, 0.2) is 0 Å². The van der Waals surface area contributed by atoms with Crippen molar-refractivity contribution in [2.24, 2.45) is 0 Å². The molecule has 2 rings (SSSR count). The number of carboxylic acid groups (broad SMARTS) is 1. The molecule has 0 atom stereocenters. The van der Waals surface area contributed by atoms with E-state index in [9.17, 15) is 4.79 Å². The summed E-state index contributed by atoms with van der Waals surface area (Å²) in [6.07, 6.45) is -0.200. The highest BCUT2D eigenvalue weighted by atomic mass is 16.4. The summed E-state index contributed by atoms with van der Waals surface area (Å²) in [5.41, 5.74) is 10.1. The van der Waals surface area contributed by atoms with Crippen LogP contribution in [0.15, 0.2) is 42.5 Å². The Balaban J connectivity index is 2.16. The van der Waals surface area contributed by atoms with Gasteiger partial charge in [0.05, 0.1) is 11.4 Å². The van der Waals surface area contributed by atoms with Gasteiger partial charge in [0, 0.05) is 11.4 Å². The molecule has 20 heavy (non-hydrogen) atoms. The third kappa shape index (κ3) is 3.20. The van der Waals surface area contributed by atoms with Crippen LogP contribution >= 0.6 is 0 Å². The maximum absolute atomic E-state index is 10.5. The van der Waals surface area contributed by atoms with Crippen LogP contribution in [0, 0.1) is 0 Å². The molecule has 0 saturated carbocycles. The topological polar surface area (TPSA) is 87.4 Å². The van der Waals surface area contributed by atoms with Crippen molar-refractivity contribution < 1.29 is 9.90 Å². The van der Waals surface area contributed by atoms with Gasteiger partial charge in [-0.25, -0.2) is 4.79 Å². The molecule has 104 valence electrons. The van der Waals surface area contributed by atoms with Gasteiger partial charge in [-0.1, -0.05) is 19.1 Å². The molecule has 0 aliphatic carbocycles. The van der Waals surface area contributed by atoms with Crippen molar-refractivity contribution in [3.8, 4) is 0 Å². The molecule has 2 aromatic carbocycles. The number of rotatable bonds is 4. The van der Waals surface area contributed by atoms with Crippen LogP contribution < -0.4 is 16.4 Å². The largest absolute Gasteiger partial charge is 0.465 e. The van der Waals surface area contributed by atoms with Crippen molar-refractivity contribution in [1.82, 2.24) is 0 Å². The summed E-state index contributed by atoms with van der Waals surface area (Å²) in [5.74, 6) is 0. The minimum Gasteiger partial charge on any atom is -0.465 e. The minimum absolute atomic E-state index is 0.526. The second-order valence-corrected chi connectivity index (χ2v) is 4.36. The number of hydrogen-bond donors (Lipinski definition) is 4. The zero-order valence-corrected chi connectivity index (χ0v) is 11.2. The number of hydrogen-bond acceptors (Lipinski definition) is 3. The highest BCUT2D eigenvalue weighted by Crippen LogP contribution is 2.27. The van der Waals surface area contributed by atoms with Crippen LogP contribution in [0.3, 0.4) is 0 Å². The SMILES string of the molecule is CCc1cccc(Nc2ccc(NC(=O)O)cc2)c1N. The molecule has 0 radical (unpaired) electrons. The predicted octanol–water partition coefficient (Wildman–Crippen LogP) is 3.66. The number of benzene rings is 2. The first kappa shape index (κ1) is 13.7. The van der Waals surface area contributed by atoms with Gasteiger partial charge in [-0.2, -0.15) is 0 Å². The summed E-state index contributed by atoms with van der Waals surface area (Å²) in [6, 6.07) is 12.8. The fourth-order valence-corrected chi connectivity index (χ4v) is 1.95. The van der Waals surface area contributed by atoms with Crippen LogP contribution in [0.4, 0.5) is 27.5 Å². The third-order valence-electron chi connectivity index (χ3n) is 2.99. The fraction of sp³-hybridized carbons (Fsp3) is 0.133. The van der Waals surface area contributed by atoms with E-state index >= 15 is 0 Å². The zero-order valence-electron chi connectivity index (χ0n) is 11.2. The Kier molecular flexibility index (Phi) is 4.10. The van der Waals surface area contributed by atoms with E-state index in [0.29, 0.717) is 5.69 Å². The number of amides is 1. The Hall–Kier alpha value is -2.69. The Bertz CT molecular complexity index is 609. The lowest BCUT2D eigenvalue weighted by atomic mass is 10.1. The van der Waals surface area contributed by atoms with E-state index in [2.05, 4.69) is 17.6 Å². The molecule has 5 heteroatoms. The van der Waals surface area contributed by atoms with Crippen molar-refractivity contribution >= 4 is 28.8 Å². The lowest BCUT2D eigenvalue weighted by Gasteiger charge is -2.12. The molecule has 0 saturated heterocycles. The number of nitrogens with one attached hydrogen (secondary N) is 2. The molecule has 5 N–H and O–H groups in total. The van der Waals surface area contributed by atoms with Crippen LogP contribution in [0.5, 0.6) is 0 Å². The van der Waals surface area contributed by atoms with Crippen LogP contribution in [-0.4, -0.2) is 11.2 Å². The van der Waals surface area contributed by atoms with E-state index in [4.69, 9.17) is 10.8 Å². The van der Waals surface area contributed by atoms with Crippen molar-refractivity contribution in [3.63, 3.8) is 0 Å².